The number of carbonyl (C=O) groups is 1. The first-order chi connectivity index (χ1) is 9.13. The van der Waals surface area contributed by atoms with Crippen molar-refractivity contribution in [1.29, 1.82) is 0 Å². The maximum absolute atomic E-state index is 12.1. The number of carbonyl (C=O) groups excluding carboxylic acids is 1. The Bertz CT molecular complexity index is 592. The summed E-state index contributed by atoms with van der Waals surface area (Å²) >= 11 is 0. The maximum atomic E-state index is 12.1. The number of hydrogen-bond donors (Lipinski definition) is 3. The molecule has 0 unspecified atom stereocenters. The van der Waals surface area contributed by atoms with Gasteiger partial charge in [-0.2, -0.15) is 5.10 Å². The monoisotopic (exact) mass is 260 g/mol. The molecule has 0 spiro atoms. The summed E-state index contributed by atoms with van der Waals surface area (Å²) in [5.74, 6) is 5.12. The first kappa shape index (κ1) is 13.0. The van der Waals surface area contributed by atoms with E-state index in [2.05, 4.69) is 20.8 Å². The third-order valence-corrected chi connectivity index (χ3v) is 2.66. The van der Waals surface area contributed by atoms with Gasteiger partial charge in [0, 0.05) is 24.6 Å². The van der Waals surface area contributed by atoms with E-state index in [4.69, 9.17) is 5.84 Å². The minimum absolute atomic E-state index is 0.281. The van der Waals surface area contributed by atoms with Gasteiger partial charge in [-0.1, -0.05) is 0 Å². The fourth-order valence-electron chi connectivity index (χ4n) is 1.66. The third-order valence-electron chi connectivity index (χ3n) is 2.66. The van der Waals surface area contributed by atoms with E-state index >= 15 is 0 Å². The highest BCUT2D eigenvalue weighted by Gasteiger charge is 2.12. The molecule has 1 amide bonds. The molecule has 19 heavy (non-hydrogen) atoms. The van der Waals surface area contributed by atoms with Crippen molar-refractivity contribution in [3.05, 3.63) is 35.9 Å². The second-order valence-corrected chi connectivity index (χ2v) is 4.05. The first-order valence-electron chi connectivity index (χ1n) is 5.91. The zero-order chi connectivity index (χ0) is 13.8. The van der Waals surface area contributed by atoms with Crippen LogP contribution in [-0.2, 0) is 6.54 Å². The Morgan fingerprint density at radius 2 is 2.26 bits per heavy atom. The predicted molar refractivity (Wildman–Crippen MR) is 72.6 cm³/mol. The van der Waals surface area contributed by atoms with Gasteiger partial charge in [0.05, 0.1) is 23.1 Å². The van der Waals surface area contributed by atoms with Crippen molar-refractivity contribution in [2.24, 2.45) is 5.84 Å². The minimum Gasteiger partial charge on any atom is -0.323 e. The van der Waals surface area contributed by atoms with E-state index in [9.17, 15) is 4.79 Å². The van der Waals surface area contributed by atoms with Gasteiger partial charge in [-0.25, -0.2) is 0 Å². The molecule has 100 valence electrons. The molecule has 0 aliphatic rings. The zero-order valence-corrected chi connectivity index (χ0v) is 10.8. The first-order valence-corrected chi connectivity index (χ1v) is 5.91. The average Bonchev–Trinajstić information content (AvgIpc) is 2.86. The van der Waals surface area contributed by atoms with Crippen molar-refractivity contribution in [2.75, 3.05) is 10.7 Å². The average molecular weight is 260 g/mol. The number of aromatic nitrogens is 3. The Labute approximate surface area is 110 Å². The maximum Gasteiger partial charge on any atom is 0.259 e. The molecule has 7 nitrogen and oxygen atoms in total. The van der Waals surface area contributed by atoms with E-state index in [1.807, 2.05) is 13.8 Å². The normalized spacial score (nSPS) is 10.3. The fourth-order valence-corrected chi connectivity index (χ4v) is 1.66. The number of amides is 1. The lowest BCUT2D eigenvalue weighted by Crippen LogP contribution is -2.17. The van der Waals surface area contributed by atoms with Crippen LogP contribution in [0.25, 0.3) is 0 Å². The van der Waals surface area contributed by atoms with Gasteiger partial charge in [0.15, 0.2) is 0 Å². The van der Waals surface area contributed by atoms with E-state index in [1.54, 1.807) is 23.1 Å². The number of nitrogens with one attached hydrogen (secondary N) is 2. The summed E-state index contributed by atoms with van der Waals surface area (Å²) in [7, 11) is 0. The summed E-state index contributed by atoms with van der Waals surface area (Å²) in [5.41, 5.74) is 4.83. The lowest BCUT2D eigenvalue weighted by molar-refractivity contribution is 0.102. The molecule has 4 N–H and O–H groups in total. The second-order valence-electron chi connectivity index (χ2n) is 4.05. The lowest BCUT2D eigenvalue weighted by Gasteiger charge is -2.08. The zero-order valence-electron chi connectivity index (χ0n) is 10.8. The van der Waals surface area contributed by atoms with Crippen molar-refractivity contribution in [3.8, 4) is 0 Å². The standard InChI is InChI=1S/C12H16N6O/c1-3-18-7-9(5-15-18)16-12(19)10-6-14-8(2)4-11(10)17-13/h4-7H,3,13H2,1-2H3,(H,14,17)(H,16,19). The number of nitrogen functional groups attached to an aromatic ring is 1. The van der Waals surface area contributed by atoms with Crippen LogP contribution < -0.4 is 16.6 Å². The third kappa shape index (κ3) is 2.89. The van der Waals surface area contributed by atoms with Crippen LogP contribution in [0.2, 0.25) is 0 Å². The molecule has 0 aliphatic carbocycles. The highest BCUT2D eigenvalue weighted by Crippen LogP contribution is 2.16. The Morgan fingerprint density at radius 3 is 2.89 bits per heavy atom. The molecule has 0 bridgehead atoms. The van der Waals surface area contributed by atoms with Crippen molar-refractivity contribution in [1.82, 2.24) is 14.8 Å². The van der Waals surface area contributed by atoms with Gasteiger partial charge >= 0.3 is 0 Å². The number of rotatable bonds is 4. The highest BCUT2D eigenvalue weighted by molar-refractivity contribution is 6.07. The Balaban J connectivity index is 2.20. The summed E-state index contributed by atoms with van der Waals surface area (Å²) in [6.45, 7) is 4.55. The number of hydrogen-bond acceptors (Lipinski definition) is 5. The molecular formula is C12H16N6O. The van der Waals surface area contributed by atoms with Gasteiger partial charge < -0.3 is 10.7 Å². The summed E-state index contributed by atoms with van der Waals surface area (Å²) in [5, 5.41) is 6.83. The molecule has 0 saturated heterocycles. The van der Waals surface area contributed by atoms with E-state index in [1.165, 1.54) is 6.20 Å². The minimum atomic E-state index is -0.281. The largest absolute Gasteiger partial charge is 0.323 e. The molecule has 2 rings (SSSR count). The van der Waals surface area contributed by atoms with E-state index in [0.29, 0.717) is 16.9 Å². The van der Waals surface area contributed by atoms with Gasteiger partial charge in [0.2, 0.25) is 0 Å². The van der Waals surface area contributed by atoms with Crippen LogP contribution in [0.5, 0.6) is 0 Å². The number of aryl methyl sites for hydroxylation is 2. The van der Waals surface area contributed by atoms with Crippen LogP contribution in [-0.4, -0.2) is 20.7 Å². The number of nitrogens with zero attached hydrogens (tertiary/aromatic N) is 3. The molecule has 2 aromatic heterocycles. The molecule has 0 aromatic carbocycles. The Kier molecular flexibility index (Phi) is 3.76. The SMILES string of the molecule is CCn1cc(NC(=O)c2cnc(C)cc2NN)cn1. The topological polar surface area (TPSA) is 97.9 Å². The van der Waals surface area contributed by atoms with E-state index in [0.717, 1.165) is 12.2 Å². The Hall–Kier alpha value is -2.41. The molecule has 0 atom stereocenters. The van der Waals surface area contributed by atoms with Crippen LogP contribution in [0.4, 0.5) is 11.4 Å². The Morgan fingerprint density at radius 1 is 1.47 bits per heavy atom. The number of pyridine rings is 1. The van der Waals surface area contributed by atoms with Crippen LogP contribution in [0.15, 0.2) is 24.7 Å². The number of hydrazine groups is 1. The van der Waals surface area contributed by atoms with Gasteiger partial charge in [-0.3, -0.25) is 20.3 Å². The van der Waals surface area contributed by atoms with Gasteiger partial charge in [0.1, 0.15) is 0 Å². The van der Waals surface area contributed by atoms with Crippen LogP contribution >= 0.6 is 0 Å². The molecule has 7 heteroatoms. The molecular weight excluding hydrogens is 244 g/mol. The quantitative estimate of drug-likeness (QED) is 0.565. The molecule has 0 radical (unpaired) electrons. The van der Waals surface area contributed by atoms with Gasteiger partial charge in [-0.15, -0.1) is 0 Å². The summed E-state index contributed by atoms with van der Waals surface area (Å²) in [4.78, 5) is 16.2. The fraction of sp³-hybridized carbons (Fsp3) is 0.250. The lowest BCUT2D eigenvalue weighted by atomic mass is 10.2. The van der Waals surface area contributed by atoms with Crippen LogP contribution in [0.1, 0.15) is 23.0 Å². The van der Waals surface area contributed by atoms with Crippen molar-refractivity contribution in [2.45, 2.75) is 20.4 Å². The molecule has 0 saturated carbocycles. The van der Waals surface area contributed by atoms with Gasteiger partial charge in [-0.05, 0) is 19.9 Å². The smallest absolute Gasteiger partial charge is 0.259 e. The number of nitrogens with two attached hydrogens (primary N) is 1. The van der Waals surface area contributed by atoms with E-state index in [-0.39, 0.29) is 5.91 Å². The van der Waals surface area contributed by atoms with Crippen molar-refractivity contribution < 1.29 is 4.79 Å². The van der Waals surface area contributed by atoms with Gasteiger partial charge in [0.25, 0.3) is 5.91 Å². The predicted octanol–water partition coefficient (Wildman–Crippen LogP) is 1.14. The van der Waals surface area contributed by atoms with Crippen molar-refractivity contribution in [3.63, 3.8) is 0 Å². The molecule has 2 aromatic rings. The van der Waals surface area contributed by atoms with Crippen LogP contribution in [0, 0.1) is 6.92 Å². The summed E-state index contributed by atoms with van der Waals surface area (Å²) in [6, 6.07) is 1.71. The van der Waals surface area contributed by atoms with E-state index < -0.39 is 0 Å². The second kappa shape index (κ2) is 5.49. The molecule has 2 heterocycles. The highest BCUT2D eigenvalue weighted by atomic mass is 16.1. The van der Waals surface area contributed by atoms with Crippen LogP contribution in [0.3, 0.4) is 0 Å². The summed E-state index contributed by atoms with van der Waals surface area (Å²) in [6.07, 6.45) is 4.84. The molecule has 0 fully saturated rings. The number of anilines is 2. The van der Waals surface area contributed by atoms with Crippen molar-refractivity contribution >= 4 is 17.3 Å². The summed E-state index contributed by atoms with van der Waals surface area (Å²) < 4.78 is 1.73. The molecule has 0 aliphatic heterocycles.